The summed E-state index contributed by atoms with van der Waals surface area (Å²) in [5.41, 5.74) is 1.69. The summed E-state index contributed by atoms with van der Waals surface area (Å²) in [4.78, 5) is 11.9. The van der Waals surface area contributed by atoms with Crippen LogP contribution in [0.15, 0.2) is 23.8 Å². The van der Waals surface area contributed by atoms with Crippen molar-refractivity contribution in [2.45, 2.75) is 40.0 Å². The zero-order valence-electron chi connectivity index (χ0n) is 9.92. The fraction of sp³-hybridized carbons (Fsp3) is 0.643. The second-order valence-corrected chi connectivity index (χ2v) is 5.68. The van der Waals surface area contributed by atoms with Crippen LogP contribution in [-0.4, -0.2) is 5.78 Å². The highest BCUT2D eigenvalue weighted by Gasteiger charge is 2.39. The van der Waals surface area contributed by atoms with Crippen molar-refractivity contribution >= 4 is 5.78 Å². The molecule has 0 saturated carbocycles. The van der Waals surface area contributed by atoms with Crippen LogP contribution >= 0.6 is 0 Å². The third-order valence-electron chi connectivity index (χ3n) is 3.94. The molecule has 2 rings (SSSR count). The second kappa shape index (κ2) is 3.62. The largest absolute Gasteiger partial charge is 0.295 e. The molecular weight excluding hydrogens is 184 g/mol. The number of hydrogen-bond acceptors (Lipinski definition) is 1. The first-order valence-corrected chi connectivity index (χ1v) is 5.88. The summed E-state index contributed by atoms with van der Waals surface area (Å²) in [7, 11) is 0. The molecule has 0 aliphatic heterocycles. The average molecular weight is 204 g/mol. The molecule has 0 radical (unpaired) electrons. The smallest absolute Gasteiger partial charge is 0.159 e. The van der Waals surface area contributed by atoms with Crippen LogP contribution in [0.25, 0.3) is 0 Å². The van der Waals surface area contributed by atoms with Gasteiger partial charge in [0.1, 0.15) is 0 Å². The van der Waals surface area contributed by atoms with Gasteiger partial charge in [-0.3, -0.25) is 4.79 Å². The molecule has 0 fully saturated rings. The minimum absolute atomic E-state index is 0.231. The Kier molecular flexibility index (Phi) is 2.57. The van der Waals surface area contributed by atoms with Crippen molar-refractivity contribution < 1.29 is 4.79 Å². The van der Waals surface area contributed by atoms with E-state index < -0.39 is 0 Å². The summed E-state index contributed by atoms with van der Waals surface area (Å²) in [6, 6.07) is 0. The van der Waals surface area contributed by atoms with Crippen molar-refractivity contribution in [3.63, 3.8) is 0 Å². The fourth-order valence-corrected chi connectivity index (χ4v) is 2.90. The van der Waals surface area contributed by atoms with Gasteiger partial charge in [0.05, 0.1) is 0 Å². The van der Waals surface area contributed by atoms with Crippen molar-refractivity contribution in [2.24, 2.45) is 17.3 Å². The van der Waals surface area contributed by atoms with Gasteiger partial charge in [-0.25, -0.2) is 0 Å². The number of carbonyl (C=O) groups is 1. The van der Waals surface area contributed by atoms with Gasteiger partial charge in [-0.1, -0.05) is 31.6 Å². The monoisotopic (exact) mass is 204 g/mol. The lowest BCUT2D eigenvalue weighted by Crippen LogP contribution is -2.33. The van der Waals surface area contributed by atoms with Crippen LogP contribution in [0, 0.1) is 17.3 Å². The quantitative estimate of drug-likeness (QED) is 0.552. The molecule has 0 heterocycles. The summed E-state index contributed by atoms with van der Waals surface area (Å²) < 4.78 is 0. The van der Waals surface area contributed by atoms with Crippen LogP contribution in [0.2, 0.25) is 0 Å². The van der Waals surface area contributed by atoms with E-state index in [1.54, 1.807) is 6.08 Å². The van der Waals surface area contributed by atoms with Crippen LogP contribution in [0.3, 0.4) is 0 Å². The Balaban J connectivity index is 2.38. The van der Waals surface area contributed by atoms with E-state index in [1.165, 1.54) is 5.57 Å². The predicted molar refractivity (Wildman–Crippen MR) is 62.5 cm³/mol. The van der Waals surface area contributed by atoms with E-state index in [4.69, 9.17) is 0 Å². The predicted octanol–water partition coefficient (Wildman–Crippen LogP) is 3.51. The molecule has 1 heteroatoms. The van der Waals surface area contributed by atoms with Gasteiger partial charge in [-0.2, -0.15) is 0 Å². The van der Waals surface area contributed by atoms with Crippen LogP contribution in [-0.2, 0) is 4.79 Å². The maximum absolute atomic E-state index is 11.9. The van der Waals surface area contributed by atoms with Crippen molar-refractivity contribution in [1.82, 2.24) is 0 Å². The molecule has 0 N–H and O–H groups in total. The molecule has 0 aromatic carbocycles. The normalized spacial score (nSPS) is 34.3. The van der Waals surface area contributed by atoms with Crippen molar-refractivity contribution in [3.8, 4) is 0 Å². The number of rotatable bonds is 0. The third-order valence-corrected chi connectivity index (χ3v) is 3.94. The number of hydrogen-bond donors (Lipinski definition) is 0. The second-order valence-electron chi connectivity index (χ2n) is 5.68. The average Bonchev–Trinajstić information content (AvgIpc) is 2.26. The maximum Gasteiger partial charge on any atom is 0.159 e. The lowest BCUT2D eigenvalue weighted by molar-refractivity contribution is -0.120. The first-order valence-electron chi connectivity index (χ1n) is 5.88. The topological polar surface area (TPSA) is 17.1 Å². The van der Waals surface area contributed by atoms with E-state index in [9.17, 15) is 4.79 Å². The van der Waals surface area contributed by atoms with Gasteiger partial charge in [-0.15, -0.1) is 0 Å². The summed E-state index contributed by atoms with van der Waals surface area (Å²) in [6.45, 7) is 6.75. The van der Waals surface area contributed by atoms with Gasteiger partial charge in [0.25, 0.3) is 0 Å². The molecule has 82 valence electrons. The summed E-state index contributed by atoms with van der Waals surface area (Å²) in [6.07, 6.45) is 9.36. The summed E-state index contributed by atoms with van der Waals surface area (Å²) in [5.74, 6) is 1.02. The minimum atomic E-state index is 0.231. The highest BCUT2D eigenvalue weighted by atomic mass is 16.1. The van der Waals surface area contributed by atoms with E-state index in [1.807, 2.05) is 0 Å². The van der Waals surface area contributed by atoms with Crippen LogP contribution in [0.4, 0.5) is 0 Å². The molecule has 0 bridgehead atoms. The van der Waals surface area contributed by atoms with Gasteiger partial charge >= 0.3 is 0 Å². The first kappa shape index (κ1) is 10.7. The number of fused-ring (bicyclic) bond motifs is 1. The molecule has 15 heavy (non-hydrogen) atoms. The zero-order valence-corrected chi connectivity index (χ0v) is 9.92. The molecule has 0 aromatic heterocycles. The van der Waals surface area contributed by atoms with Crippen molar-refractivity contribution in [2.75, 3.05) is 0 Å². The molecule has 0 aromatic rings. The Hall–Kier alpha value is -0.850. The first-order chi connectivity index (χ1) is 7.00. The Morgan fingerprint density at radius 2 is 2.13 bits per heavy atom. The summed E-state index contributed by atoms with van der Waals surface area (Å²) >= 11 is 0. The van der Waals surface area contributed by atoms with E-state index in [2.05, 4.69) is 32.9 Å². The molecule has 0 amide bonds. The molecule has 2 aliphatic carbocycles. The Bertz CT molecular complexity index is 333. The standard InChI is InChI=1S/C14H20O/c1-10-6-7-11-12(9-10)14(2,3)8-4-5-13(11)15/h4-5,9,11-12H,6-8H2,1-3H3/t11-,12+/m0/s1. The summed E-state index contributed by atoms with van der Waals surface area (Å²) in [5, 5.41) is 0. The molecule has 2 aliphatic rings. The fourth-order valence-electron chi connectivity index (χ4n) is 2.90. The molecule has 0 unspecified atom stereocenters. The van der Waals surface area contributed by atoms with E-state index in [0.29, 0.717) is 11.7 Å². The Labute approximate surface area is 92.3 Å². The highest BCUT2D eigenvalue weighted by molar-refractivity contribution is 5.92. The van der Waals surface area contributed by atoms with Gasteiger partial charge in [0, 0.05) is 5.92 Å². The lowest BCUT2D eigenvalue weighted by atomic mass is 9.66. The van der Waals surface area contributed by atoms with Gasteiger partial charge in [0.15, 0.2) is 5.78 Å². The molecule has 2 atom stereocenters. The Morgan fingerprint density at radius 1 is 1.40 bits per heavy atom. The Morgan fingerprint density at radius 3 is 2.87 bits per heavy atom. The van der Waals surface area contributed by atoms with Gasteiger partial charge < -0.3 is 0 Å². The van der Waals surface area contributed by atoms with Crippen LogP contribution in [0.1, 0.15) is 40.0 Å². The van der Waals surface area contributed by atoms with Gasteiger partial charge in [-0.05, 0) is 43.6 Å². The number of ketones is 1. The minimum Gasteiger partial charge on any atom is -0.295 e. The van der Waals surface area contributed by atoms with E-state index >= 15 is 0 Å². The van der Waals surface area contributed by atoms with Crippen LogP contribution < -0.4 is 0 Å². The maximum atomic E-state index is 11.9. The molecule has 0 saturated heterocycles. The molecule has 1 nitrogen and oxygen atoms in total. The number of allylic oxidation sites excluding steroid dienone is 4. The SMILES string of the molecule is CC1=C[C@@H]2[C@H](CC1)C(=O)C=CCC2(C)C. The van der Waals surface area contributed by atoms with Crippen molar-refractivity contribution in [1.29, 1.82) is 0 Å². The molecular formula is C14H20O. The zero-order chi connectivity index (χ0) is 11.1. The third kappa shape index (κ3) is 1.92. The number of carbonyl (C=O) groups excluding carboxylic acids is 1. The van der Waals surface area contributed by atoms with Crippen molar-refractivity contribution in [3.05, 3.63) is 23.8 Å². The van der Waals surface area contributed by atoms with E-state index in [-0.39, 0.29) is 11.3 Å². The molecule has 0 spiro atoms. The lowest BCUT2D eigenvalue weighted by Gasteiger charge is -2.38. The van der Waals surface area contributed by atoms with Gasteiger partial charge in [0.2, 0.25) is 0 Å². The van der Waals surface area contributed by atoms with E-state index in [0.717, 1.165) is 19.3 Å². The van der Waals surface area contributed by atoms with Crippen LogP contribution in [0.5, 0.6) is 0 Å². The highest BCUT2D eigenvalue weighted by Crippen LogP contribution is 2.44.